The van der Waals surface area contributed by atoms with Gasteiger partial charge in [-0.1, -0.05) is 52.8 Å². The minimum absolute atomic E-state index is 0.00219. The second-order valence-electron chi connectivity index (χ2n) is 9.23. The number of hydrogen-bond acceptors (Lipinski definition) is 5. The van der Waals surface area contributed by atoms with Crippen molar-refractivity contribution < 1.29 is 4.79 Å². The maximum Gasteiger partial charge on any atom is 0.256 e. The van der Waals surface area contributed by atoms with Crippen molar-refractivity contribution in [3.8, 4) is 16.5 Å². The van der Waals surface area contributed by atoms with Crippen molar-refractivity contribution >= 4 is 23.1 Å². The lowest BCUT2D eigenvalue weighted by molar-refractivity contribution is 0.102. The number of aromatic amines is 1. The van der Waals surface area contributed by atoms with Crippen LogP contribution in [0.2, 0.25) is 0 Å². The lowest BCUT2D eigenvalue weighted by atomic mass is 9.87. The smallest absolute Gasteiger partial charge is 0.256 e. The molecule has 7 nitrogen and oxygen atoms in total. The number of amides is 1. The maximum absolute atomic E-state index is 13.1. The monoisotopic (exact) mass is 461 g/mol. The molecule has 0 saturated carbocycles. The van der Waals surface area contributed by atoms with Gasteiger partial charge >= 0.3 is 0 Å². The van der Waals surface area contributed by atoms with E-state index in [1.807, 2.05) is 55.6 Å². The summed E-state index contributed by atoms with van der Waals surface area (Å²) in [5, 5.41) is 9.54. The van der Waals surface area contributed by atoms with E-state index in [9.17, 15) is 9.59 Å². The Kier molecular flexibility index (Phi) is 6.03. The van der Waals surface area contributed by atoms with E-state index in [0.717, 1.165) is 10.4 Å². The van der Waals surface area contributed by atoms with E-state index in [2.05, 4.69) is 41.2 Å². The SMILES string of the molecule is CC(C)c1cc(=O)[nH]c(-n2nc(-c3cccs3)cc2NC(=O)c2ccc(C(C)(C)C)cc2)n1. The first-order valence-corrected chi connectivity index (χ1v) is 11.7. The summed E-state index contributed by atoms with van der Waals surface area (Å²) in [5.41, 5.74) is 2.74. The first-order valence-electron chi connectivity index (χ1n) is 10.8. The maximum atomic E-state index is 13.1. The highest BCUT2D eigenvalue weighted by Crippen LogP contribution is 2.28. The first-order chi connectivity index (χ1) is 15.6. The number of nitrogens with one attached hydrogen (secondary N) is 2. The number of benzene rings is 1. The zero-order valence-electron chi connectivity index (χ0n) is 19.3. The normalized spacial score (nSPS) is 11.7. The molecule has 0 spiro atoms. The molecule has 170 valence electrons. The predicted molar refractivity (Wildman–Crippen MR) is 132 cm³/mol. The number of anilines is 1. The van der Waals surface area contributed by atoms with Gasteiger partial charge in [0.1, 0.15) is 11.5 Å². The third-order valence-electron chi connectivity index (χ3n) is 5.28. The van der Waals surface area contributed by atoms with Gasteiger partial charge in [0.2, 0.25) is 5.95 Å². The highest BCUT2D eigenvalue weighted by Gasteiger charge is 2.19. The third-order valence-corrected chi connectivity index (χ3v) is 6.17. The van der Waals surface area contributed by atoms with Gasteiger partial charge in [-0.05, 0) is 40.5 Å². The number of hydrogen-bond donors (Lipinski definition) is 2. The van der Waals surface area contributed by atoms with Crippen molar-refractivity contribution in [3.63, 3.8) is 0 Å². The first kappa shape index (κ1) is 22.7. The summed E-state index contributed by atoms with van der Waals surface area (Å²) >= 11 is 1.54. The van der Waals surface area contributed by atoms with Gasteiger partial charge in [-0.15, -0.1) is 11.3 Å². The van der Waals surface area contributed by atoms with Crippen LogP contribution in [0.25, 0.3) is 16.5 Å². The highest BCUT2D eigenvalue weighted by atomic mass is 32.1. The number of rotatable bonds is 5. The highest BCUT2D eigenvalue weighted by molar-refractivity contribution is 7.13. The molecule has 1 aromatic carbocycles. The van der Waals surface area contributed by atoms with Gasteiger partial charge in [0, 0.05) is 17.7 Å². The second-order valence-corrected chi connectivity index (χ2v) is 10.2. The van der Waals surface area contributed by atoms with E-state index in [-0.39, 0.29) is 28.7 Å². The molecular weight excluding hydrogens is 434 g/mol. The molecule has 0 bridgehead atoms. The van der Waals surface area contributed by atoms with Crippen molar-refractivity contribution in [2.45, 2.75) is 46.0 Å². The summed E-state index contributed by atoms with van der Waals surface area (Å²) in [6.07, 6.45) is 0. The van der Waals surface area contributed by atoms with Crippen LogP contribution in [-0.2, 0) is 5.41 Å². The average molecular weight is 462 g/mol. The van der Waals surface area contributed by atoms with Crippen LogP contribution < -0.4 is 10.9 Å². The molecule has 33 heavy (non-hydrogen) atoms. The van der Waals surface area contributed by atoms with Crippen LogP contribution in [0, 0.1) is 0 Å². The van der Waals surface area contributed by atoms with Gasteiger partial charge in [-0.3, -0.25) is 14.6 Å². The van der Waals surface area contributed by atoms with Gasteiger partial charge in [0.25, 0.3) is 11.5 Å². The van der Waals surface area contributed by atoms with Crippen LogP contribution in [-0.4, -0.2) is 25.7 Å². The standard InChI is InChI=1S/C25H27N5O2S/c1-15(2)18-14-22(31)28-24(26-18)30-21(13-19(29-30)20-7-6-12-33-20)27-23(32)16-8-10-17(11-9-16)25(3,4)5/h6-15H,1-5H3,(H,27,32)(H,26,28,31). The van der Waals surface area contributed by atoms with Crippen LogP contribution in [0.3, 0.4) is 0 Å². The Morgan fingerprint density at radius 3 is 2.45 bits per heavy atom. The lowest BCUT2D eigenvalue weighted by Crippen LogP contribution is -2.20. The van der Waals surface area contributed by atoms with Gasteiger partial charge < -0.3 is 5.32 Å². The summed E-state index contributed by atoms with van der Waals surface area (Å²) < 4.78 is 1.48. The largest absolute Gasteiger partial charge is 0.306 e. The molecule has 2 N–H and O–H groups in total. The molecule has 1 amide bonds. The zero-order chi connectivity index (χ0) is 23.8. The Bertz CT molecular complexity index is 1330. The van der Waals surface area contributed by atoms with Crippen molar-refractivity contribution in [1.29, 1.82) is 0 Å². The molecule has 3 heterocycles. The fourth-order valence-corrected chi connectivity index (χ4v) is 4.03. The molecule has 0 fully saturated rings. The summed E-state index contributed by atoms with van der Waals surface area (Å²) in [6.45, 7) is 10.3. The Morgan fingerprint density at radius 1 is 1.12 bits per heavy atom. The second kappa shape index (κ2) is 8.78. The van der Waals surface area contributed by atoms with Gasteiger partial charge in [-0.25, -0.2) is 4.98 Å². The van der Waals surface area contributed by atoms with Gasteiger partial charge in [0.05, 0.1) is 10.6 Å². The third kappa shape index (κ3) is 4.96. The van der Waals surface area contributed by atoms with Gasteiger partial charge in [-0.2, -0.15) is 9.78 Å². The molecular formula is C25H27N5O2S. The van der Waals surface area contributed by atoms with E-state index >= 15 is 0 Å². The number of thiophene rings is 1. The molecule has 3 aromatic heterocycles. The molecule has 0 unspecified atom stereocenters. The van der Waals surface area contributed by atoms with E-state index < -0.39 is 0 Å². The van der Waals surface area contributed by atoms with Crippen LogP contribution in [0.5, 0.6) is 0 Å². The van der Waals surface area contributed by atoms with Gasteiger partial charge in [0.15, 0.2) is 0 Å². The van der Waals surface area contributed by atoms with Crippen LogP contribution in [0.15, 0.2) is 58.7 Å². The molecule has 0 aliphatic heterocycles. The quantitative estimate of drug-likeness (QED) is 0.419. The minimum Gasteiger partial charge on any atom is -0.306 e. The number of aromatic nitrogens is 4. The van der Waals surface area contributed by atoms with Crippen molar-refractivity contribution in [3.05, 3.63) is 81.1 Å². The summed E-state index contributed by atoms with van der Waals surface area (Å²) in [6, 6.07) is 14.7. The predicted octanol–water partition coefficient (Wildman–Crippen LogP) is 5.36. The average Bonchev–Trinajstić information content (AvgIpc) is 3.43. The van der Waals surface area contributed by atoms with Crippen LogP contribution >= 0.6 is 11.3 Å². The van der Waals surface area contributed by atoms with E-state index in [1.54, 1.807) is 17.4 Å². The summed E-state index contributed by atoms with van der Waals surface area (Å²) in [4.78, 5) is 33.6. The molecule has 0 saturated heterocycles. The van der Waals surface area contributed by atoms with E-state index in [4.69, 9.17) is 0 Å². The van der Waals surface area contributed by atoms with Crippen molar-refractivity contribution in [2.24, 2.45) is 0 Å². The van der Waals surface area contributed by atoms with Crippen molar-refractivity contribution in [2.75, 3.05) is 5.32 Å². The van der Waals surface area contributed by atoms with E-state index in [0.29, 0.717) is 22.8 Å². The number of nitrogens with zero attached hydrogens (tertiary/aromatic N) is 3. The zero-order valence-corrected chi connectivity index (χ0v) is 20.2. The van der Waals surface area contributed by atoms with Crippen molar-refractivity contribution in [1.82, 2.24) is 19.7 Å². The Morgan fingerprint density at radius 2 is 1.85 bits per heavy atom. The van der Waals surface area contributed by atoms with Crippen LogP contribution in [0.4, 0.5) is 5.82 Å². The fourth-order valence-electron chi connectivity index (χ4n) is 3.35. The molecule has 0 aliphatic carbocycles. The molecule has 0 atom stereocenters. The topological polar surface area (TPSA) is 92.7 Å². The number of H-pyrrole nitrogens is 1. The lowest BCUT2D eigenvalue weighted by Gasteiger charge is -2.19. The molecule has 4 rings (SSSR count). The Hall–Kier alpha value is -3.52. The number of carbonyl (C=O) groups is 1. The summed E-state index contributed by atoms with van der Waals surface area (Å²) in [7, 11) is 0. The Balaban J connectivity index is 1.73. The Labute approximate surface area is 196 Å². The minimum atomic E-state index is -0.271. The molecule has 4 aromatic rings. The fraction of sp³-hybridized carbons (Fsp3) is 0.280. The van der Waals surface area contributed by atoms with Crippen LogP contribution in [0.1, 0.15) is 62.2 Å². The molecule has 0 aliphatic rings. The van der Waals surface area contributed by atoms with E-state index in [1.165, 1.54) is 10.7 Å². The molecule has 8 heteroatoms. The molecule has 0 radical (unpaired) electrons. The summed E-state index contributed by atoms with van der Waals surface area (Å²) in [5.74, 6) is 0.481. The number of carbonyl (C=O) groups excluding carboxylic acids is 1.